The van der Waals surface area contributed by atoms with Crippen LogP contribution in [0.4, 0.5) is 10.5 Å². The Morgan fingerprint density at radius 1 is 1.21 bits per heavy atom. The van der Waals surface area contributed by atoms with Crippen LogP contribution < -0.4 is 5.32 Å². The topological polar surface area (TPSA) is 72.9 Å². The number of carbonyl (C=O) groups is 2. The Balaban J connectivity index is 1.46. The molecule has 2 fully saturated rings. The molecule has 4 rings (SSSR count). The summed E-state index contributed by atoms with van der Waals surface area (Å²) in [5, 5.41) is 13.8. The van der Waals surface area contributed by atoms with E-state index in [0.717, 1.165) is 11.1 Å². The van der Waals surface area contributed by atoms with Gasteiger partial charge < -0.3 is 20.2 Å². The van der Waals surface area contributed by atoms with Gasteiger partial charge in [-0.1, -0.05) is 48.0 Å². The number of amides is 3. The molecule has 0 saturated carbocycles. The van der Waals surface area contributed by atoms with Crippen molar-refractivity contribution in [2.75, 3.05) is 18.4 Å². The highest BCUT2D eigenvalue weighted by molar-refractivity contribution is 6.31. The van der Waals surface area contributed by atoms with Crippen LogP contribution in [0.2, 0.25) is 5.02 Å². The number of benzene rings is 2. The number of likely N-dealkylation sites (tertiary alicyclic amines) is 2. The molecule has 146 valence electrons. The number of rotatable bonds is 3. The minimum absolute atomic E-state index is 0.185. The number of nitrogens with zero attached hydrogens (tertiary/aromatic N) is 2. The van der Waals surface area contributed by atoms with E-state index in [9.17, 15) is 14.7 Å². The van der Waals surface area contributed by atoms with Gasteiger partial charge in [-0.2, -0.15) is 0 Å². The highest BCUT2D eigenvalue weighted by Gasteiger charge is 2.52. The minimum Gasteiger partial charge on any atom is -0.383 e. The summed E-state index contributed by atoms with van der Waals surface area (Å²) < 4.78 is 0. The summed E-state index contributed by atoms with van der Waals surface area (Å²) in [5.41, 5.74) is 2.56. The van der Waals surface area contributed by atoms with Gasteiger partial charge in [0.2, 0.25) is 0 Å². The Kier molecular flexibility index (Phi) is 5.00. The van der Waals surface area contributed by atoms with E-state index in [2.05, 4.69) is 5.32 Å². The Morgan fingerprint density at radius 3 is 2.68 bits per heavy atom. The predicted molar refractivity (Wildman–Crippen MR) is 107 cm³/mol. The Bertz CT molecular complexity index is 905. The first-order valence-corrected chi connectivity index (χ1v) is 9.66. The molecule has 2 saturated heterocycles. The molecule has 2 aliphatic rings. The van der Waals surface area contributed by atoms with Gasteiger partial charge in [-0.3, -0.25) is 4.79 Å². The lowest BCUT2D eigenvalue weighted by Crippen LogP contribution is -2.41. The summed E-state index contributed by atoms with van der Waals surface area (Å²) in [7, 11) is 0. The van der Waals surface area contributed by atoms with Crippen LogP contribution in [-0.2, 0) is 11.3 Å². The van der Waals surface area contributed by atoms with Gasteiger partial charge in [-0.05, 0) is 30.2 Å². The van der Waals surface area contributed by atoms with E-state index in [-0.39, 0.29) is 23.9 Å². The summed E-state index contributed by atoms with van der Waals surface area (Å²) in [6.45, 7) is 3.07. The number of aliphatic hydroxyl groups is 1. The van der Waals surface area contributed by atoms with E-state index in [1.165, 1.54) is 0 Å². The van der Waals surface area contributed by atoms with Gasteiger partial charge in [0.15, 0.2) is 0 Å². The second-order valence-corrected chi connectivity index (χ2v) is 7.83. The Morgan fingerprint density at radius 2 is 1.96 bits per heavy atom. The molecule has 0 aliphatic carbocycles. The zero-order chi connectivity index (χ0) is 19.8. The van der Waals surface area contributed by atoms with Crippen molar-refractivity contribution in [3.8, 4) is 0 Å². The van der Waals surface area contributed by atoms with Gasteiger partial charge in [0.25, 0.3) is 5.91 Å². The smallest absolute Gasteiger partial charge is 0.321 e. The van der Waals surface area contributed by atoms with Crippen molar-refractivity contribution in [3.63, 3.8) is 0 Å². The molecule has 6 nitrogen and oxygen atoms in total. The number of nitrogens with one attached hydrogen (secondary N) is 1. The van der Waals surface area contributed by atoms with Crippen molar-refractivity contribution in [1.82, 2.24) is 9.80 Å². The monoisotopic (exact) mass is 399 g/mol. The second kappa shape index (κ2) is 7.45. The molecule has 2 aliphatic heterocycles. The number of carbonyl (C=O) groups excluding carboxylic acids is 2. The van der Waals surface area contributed by atoms with Gasteiger partial charge >= 0.3 is 6.03 Å². The molecule has 2 N–H and O–H groups in total. The van der Waals surface area contributed by atoms with Crippen LogP contribution in [0.1, 0.15) is 11.1 Å². The van der Waals surface area contributed by atoms with Crippen LogP contribution in [-0.4, -0.2) is 52.1 Å². The molecule has 2 aromatic rings. The minimum atomic E-state index is -1.07. The third kappa shape index (κ3) is 3.45. The fourth-order valence-electron chi connectivity index (χ4n) is 3.98. The average Bonchev–Trinajstić information content (AvgIpc) is 3.21. The zero-order valence-electron chi connectivity index (χ0n) is 15.5. The van der Waals surface area contributed by atoms with Crippen molar-refractivity contribution >= 4 is 29.2 Å². The lowest BCUT2D eigenvalue weighted by atomic mass is 10.0. The largest absolute Gasteiger partial charge is 0.383 e. The number of fused-ring (bicyclic) bond motifs is 1. The van der Waals surface area contributed by atoms with Crippen LogP contribution in [0.5, 0.6) is 0 Å². The maximum atomic E-state index is 12.7. The molecule has 0 spiro atoms. The van der Waals surface area contributed by atoms with Crippen molar-refractivity contribution in [2.45, 2.75) is 25.6 Å². The third-order valence-corrected chi connectivity index (χ3v) is 5.99. The first-order chi connectivity index (χ1) is 13.4. The molecule has 0 radical (unpaired) electrons. The maximum Gasteiger partial charge on any atom is 0.321 e. The average molecular weight is 400 g/mol. The van der Waals surface area contributed by atoms with Gasteiger partial charge in [0.05, 0.1) is 6.04 Å². The van der Waals surface area contributed by atoms with Crippen molar-refractivity contribution in [3.05, 3.63) is 64.7 Å². The first kappa shape index (κ1) is 18.8. The third-order valence-electron chi connectivity index (χ3n) is 5.58. The number of aryl methyl sites for hydroxylation is 1. The molecule has 2 heterocycles. The fourth-order valence-corrected chi connectivity index (χ4v) is 4.16. The molecule has 7 heteroatoms. The molecule has 28 heavy (non-hydrogen) atoms. The number of aliphatic hydroxyl groups excluding tert-OH is 1. The van der Waals surface area contributed by atoms with Crippen LogP contribution >= 0.6 is 11.6 Å². The van der Waals surface area contributed by atoms with Crippen molar-refractivity contribution < 1.29 is 14.7 Å². The van der Waals surface area contributed by atoms with Crippen molar-refractivity contribution in [1.29, 1.82) is 0 Å². The van der Waals surface area contributed by atoms with Crippen LogP contribution in [0.15, 0.2) is 48.5 Å². The Labute approximate surface area is 168 Å². The molecule has 0 unspecified atom stereocenters. The molecule has 0 aromatic heterocycles. The molecule has 3 amide bonds. The highest BCUT2D eigenvalue weighted by atomic mass is 35.5. The van der Waals surface area contributed by atoms with Crippen molar-refractivity contribution in [2.24, 2.45) is 5.92 Å². The fraction of sp³-hybridized carbons (Fsp3) is 0.333. The zero-order valence-corrected chi connectivity index (χ0v) is 16.3. The maximum absolute atomic E-state index is 12.7. The van der Waals surface area contributed by atoms with E-state index >= 15 is 0 Å². The Hall–Kier alpha value is -2.57. The normalized spacial score (nSPS) is 23.8. The summed E-state index contributed by atoms with van der Waals surface area (Å²) in [5.74, 6) is -0.534. The summed E-state index contributed by atoms with van der Waals surface area (Å²) >= 11 is 6.12. The van der Waals surface area contributed by atoms with E-state index in [4.69, 9.17) is 11.6 Å². The number of urea groups is 1. The molecule has 0 bridgehead atoms. The van der Waals surface area contributed by atoms with Gasteiger partial charge in [0.1, 0.15) is 6.10 Å². The molecular formula is C21H22ClN3O3. The number of hydrogen-bond donors (Lipinski definition) is 2. The lowest BCUT2D eigenvalue weighted by molar-refractivity contribution is -0.136. The molecular weight excluding hydrogens is 378 g/mol. The molecule has 2 aromatic carbocycles. The van der Waals surface area contributed by atoms with E-state index in [0.29, 0.717) is 30.3 Å². The number of halogens is 1. The lowest BCUT2D eigenvalue weighted by Gasteiger charge is -2.25. The summed E-state index contributed by atoms with van der Waals surface area (Å²) in [6.07, 6.45) is -1.07. The predicted octanol–water partition coefficient (Wildman–Crippen LogP) is 2.88. The molecule has 3 atom stereocenters. The summed E-state index contributed by atoms with van der Waals surface area (Å²) in [4.78, 5) is 28.5. The standard InChI is InChI=1S/C21H22ClN3O3/c1-13-7-8-15(9-17(13)22)23-21(28)24-11-16-18(12-24)25(20(27)19(16)26)10-14-5-3-2-4-6-14/h2-9,16,18-19,26H,10-12H2,1H3,(H,23,28)/t16-,18+,19-/m0/s1. The second-order valence-electron chi connectivity index (χ2n) is 7.43. The van der Waals surface area contributed by atoms with Crippen LogP contribution in [0, 0.1) is 12.8 Å². The van der Waals surface area contributed by atoms with Crippen LogP contribution in [0.3, 0.4) is 0 Å². The van der Waals surface area contributed by atoms with E-state index in [1.54, 1.807) is 21.9 Å². The SMILES string of the molecule is Cc1ccc(NC(=O)N2C[C@@H]3[C@H](O)C(=O)N(Cc4ccccc4)[C@@H]3C2)cc1Cl. The summed E-state index contributed by atoms with van der Waals surface area (Å²) in [6, 6.07) is 14.6. The van der Waals surface area contributed by atoms with Gasteiger partial charge in [-0.25, -0.2) is 4.79 Å². The van der Waals surface area contributed by atoms with E-state index < -0.39 is 6.10 Å². The first-order valence-electron chi connectivity index (χ1n) is 9.28. The van der Waals surface area contributed by atoms with Crippen LogP contribution in [0.25, 0.3) is 0 Å². The quantitative estimate of drug-likeness (QED) is 0.833. The van der Waals surface area contributed by atoms with Gasteiger partial charge in [-0.15, -0.1) is 0 Å². The number of hydrogen-bond acceptors (Lipinski definition) is 3. The highest BCUT2D eigenvalue weighted by Crippen LogP contribution is 2.34. The number of anilines is 1. The van der Waals surface area contributed by atoms with Gasteiger partial charge in [0, 0.05) is 36.3 Å². The van der Waals surface area contributed by atoms with E-state index in [1.807, 2.05) is 43.3 Å².